The molecular formula is C19H26N4O. The van der Waals surface area contributed by atoms with E-state index < -0.39 is 0 Å². The van der Waals surface area contributed by atoms with E-state index in [4.69, 9.17) is 0 Å². The van der Waals surface area contributed by atoms with E-state index in [9.17, 15) is 4.79 Å². The summed E-state index contributed by atoms with van der Waals surface area (Å²) in [7, 11) is 1.93. The Morgan fingerprint density at radius 3 is 2.62 bits per heavy atom. The van der Waals surface area contributed by atoms with Crippen LogP contribution in [0.15, 0.2) is 24.5 Å². The second-order valence-corrected chi connectivity index (χ2v) is 6.68. The van der Waals surface area contributed by atoms with Crippen molar-refractivity contribution in [3.63, 3.8) is 0 Å². The second-order valence-electron chi connectivity index (χ2n) is 6.68. The predicted molar refractivity (Wildman–Crippen MR) is 93.5 cm³/mol. The summed E-state index contributed by atoms with van der Waals surface area (Å²) in [5.74, 6) is 0.206. The third kappa shape index (κ3) is 3.35. The lowest BCUT2D eigenvalue weighted by Crippen LogP contribution is -2.36. The van der Waals surface area contributed by atoms with Crippen LogP contribution >= 0.6 is 0 Å². The Kier molecular flexibility index (Phi) is 4.97. The number of likely N-dealkylation sites (tertiary alicyclic amines) is 1. The van der Waals surface area contributed by atoms with Crippen molar-refractivity contribution in [2.24, 2.45) is 7.05 Å². The van der Waals surface area contributed by atoms with Gasteiger partial charge in [-0.15, -0.1) is 0 Å². The SMILES string of the molecule is Cc1nn(C)c(C)c1CC(=O)N1CCCCCC1c1ccncc1. The maximum absolute atomic E-state index is 13.1. The molecule has 0 radical (unpaired) electrons. The third-order valence-electron chi connectivity index (χ3n) is 5.15. The molecule has 1 aliphatic heterocycles. The number of aryl methyl sites for hydroxylation is 2. The molecule has 24 heavy (non-hydrogen) atoms. The number of hydrogen-bond acceptors (Lipinski definition) is 3. The van der Waals surface area contributed by atoms with Crippen LogP contribution in [0.3, 0.4) is 0 Å². The van der Waals surface area contributed by atoms with E-state index in [1.165, 1.54) is 18.4 Å². The first kappa shape index (κ1) is 16.7. The Balaban J connectivity index is 1.85. The third-order valence-corrected chi connectivity index (χ3v) is 5.15. The van der Waals surface area contributed by atoms with Gasteiger partial charge >= 0.3 is 0 Å². The van der Waals surface area contributed by atoms with E-state index in [1.54, 1.807) is 0 Å². The van der Waals surface area contributed by atoms with Crippen LogP contribution in [0.4, 0.5) is 0 Å². The molecule has 0 aliphatic carbocycles. The van der Waals surface area contributed by atoms with Crippen molar-refractivity contribution >= 4 is 5.91 Å². The monoisotopic (exact) mass is 326 g/mol. The molecule has 5 nitrogen and oxygen atoms in total. The van der Waals surface area contributed by atoms with Crippen LogP contribution in [0.5, 0.6) is 0 Å². The van der Waals surface area contributed by atoms with E-state index in [0.29, 0.717) is 6.42 Å². The van der Waals surface area contributed by atoms with Crippen LogP contribution in [0.1, 0.15) is 54.2 Å². The van der Waals surface area contributed by atoms with Crippen molar-refractivity contribution in [2.75, 3.05) is 6.54 Å². The molecule has 0 N–H and O–H groups in total. The molecule has 0 saturated carbocycles. The quantitative estimate of drug-likeness (QED) is 0.871. The molecule has 1 saturated heterocycles. The summed E-state index contributed by atoms with van der Waals surface area (Å²) in [6.45, 7) is 4.86. The molecule has 1 atom stereocenters. The second kappa shape index (κ2) is 7.16. The van der Waals surface area contributed by atoms with Crippen LogP contribution in [-0.2, 0) is 18.3 Å². The minimum absolute atomic E-state index is 0.167. The van der Waals surface area contributed by atoms with Crippen LogP contribution in [0.2, 0.25) is 0 Å². The fourth-order valence-electron chi connectivity index (χ4n) is 3.67. The molecule has 0 spiro atoms. The Morgan fingerprint density at radius 1 is 1.21 bits per heavy atom. The Labute approximate surface area is 143 Å². The van der Waals surface area contributed by atoms with E-state index >= 15 is 0 Å². The van der Waals surface area contributed by atoms with Gasteiger partial charge in [-0.3, -0.25) is 14.5 Å². The smallest absolute Gasteiger partial charge is 0.227 e. The summed E-state index contributed by atoms with van der Waals surface area (Å²) in [6.07, 6.45) is 8.54. The summed E-state index contributed by atoms with van der Waals surface area (Å²) in [5, 5.41) is 4.44. The number of carbonyl (C=O) groups is 1. The molecule has 1 aliphatic rings. The van der Waals surface area contributed by atoms with E-state index in [2.05, 4.69) is 15.0 Å². The molecular weight excluding hydrogens is 300 g/mol. The van der Waals surface area contributed by atoms with Gasteiger partial charge in [0.05, 0.1) is 18.2 Å². The summed E-state index contributed by atoms with van der Waals surface area (Å²) in [6, 6.07) is 4.24. The zero-order chi connectivity index (χ0) is 17.1. The van der Waals surface area contributed by atoms with Crippen LogP contribution in [0, 0.1) is 13.8 Å². The molecule has 2 aromatic rings. The first-order valence-corrected chi connectivity index (χ1v) is 8.76. The van der Waals surface area contributed by atoms with Gasteiger partial charge in [0, 0.05) is 37.2 Å². The first-order valence-electron chi connectivity index (χ1n) is 8.76. The zero-order valence-electron chi connectivity index (χ0n) is 14.8. The van der Waals surface area contributed by atoms with Gasteiger partial charge in [0.25, 0.3) is 0 Å². The molecule has 128 valence electrons. The highest BCUT2D eigenvalue weighted by Gasteiger charge is 2.27. The average Bonchev–Trinajstić information content (AvgIpc) is 2.78. The molecule has 0 bridgehead atoms. The van der Waals surface area contributed by atoms with E-state index in [-0.39, 0.29) is 11.9 Å². The van der Waals surface area contributed by atoms with Crippen molar-refractivity contribution in [1.82, 2.24) is 19.7 Å². The average molecular weight is 326 g/mol. The lowest BCUT2D eigenvalue weighted by Gasteiger charge is -2.30. The maximum atomic E-state index is 13.1. The molecule has 1 fully saturated rings. The van der Waals surface area contributed by atoms with E-state index in [1.807, 2.05) is 50.1 Å². The summed E-state index contributed by atoms with van der Waals surface area (Å²) < 4.78 is 1.86. The minimum atomic E-state index is 0.167. The lowest BCUT2D eigenvalue weighted by atomic mass is 10.0. The molecule has 1 unspecified atom stereocenters. The highest BCUT2D eigenvalue weighted by atomic mass is 16.2. The standard InChI is InChI=1S/C19H26N4O/c1-14-17(15(2)22(3)21-14)13-19(24)23-12-6-4-5-7-18(23)16-8-10-20-11-9-16/h8-11,18H,4-7,12-13H2,1-3H3. The molecule has 5 heteroatoms. The molecule has 3 heterocycles. The Morgan fingerprint density at radius 2 is 1.96 bits per heavy atom. The maximum Gasteiger partial charge on any atom is 0.227 e. The van der Waals surface area contributed by atoms with Gasteiger partial charge in [-0.25, -0.2) is 0 Å². The Bertz CT molecular complexity index is 708. The number of carbonyl (C=O) groups excluding carboxylic acids is 1. The predicted octanol–water partition coefficient (Wildman–Crippen LogP) is 3.12. The van der Waals surface area contributed by atoms with Crippen LogP contribution in [-0.4, -0.2) is 32.1 Å². The minimum Gasteiger partial charge on any atom is -0.335 e. The molecule has 1 amide bonds. The fourth-order valence-corrected chi connectivity index (χ4v) is 3.67. The van der Waals surface area contributed by atoms with Crippen LogP contribution < -0.4 is 0 Å². The highest BCUT2D eigenvalue weighted by molar-refractivity contribution is 5.80. The van der Waals surface area contributed by atoms with Crippen molar-refractivity contribution in [2.45, 2.75) is 52.0 Å². The largest absolute Gasteiger partial charge is 0.335 e. The summed E-state index contributed by atoms with van der Waals surface area (Å²) in [5.41, 5.74) is 4.30. The van der Waals surface area contributed by atoms with Crippen molar-refractivity contribution in [3.05, 3.63) is 47.0 Å². The summed E-state index contributed by atoms with van der Waals surface area (Å²) in [4.78, 5) is 19.3. The lowest BCUT2D eigenvalue weighted by molar-refractivity contribution is -0.132. The highest BCUT2D eigenvalue weighted by Crippen LogP contribution is 2.30. The molecule has 3 rings (SSSR count). The van der Waals surface area contributed by atoms with E-state index in [0.717, 1.165) is 36.3 Å². The topological polar surface area (TPSA) is 51.0 Å². The number of amides is 1. The van der Waals surface area contributed by atoms with Gasteiger partial charge in [-0.05, 0) is 44.4 Å². The van der Waals surface area contributed by atoms with Gasteiger partial charge in [0.15, 0.2) is 0 Å². The number of rotatable bonds is 3. The van der Waals surface area contributed by atoms with Gasteiger partial charge in [0.1, 0.15) is 0 Å². The van der Waals surface area contributed by atoms with Gasteiger partial charge in [-0.1, -0.05) is 12.8 Å². The number of nitrogens with zero attached hydrogens (tertiary/aromatic N) is 4. The zero-order valence-corrected chi connectivity index (χ0v) is 14.8. The summed E-state index contributed by atoms with van der Waals surface area (Å²) >= 11 is 0. The van der Waals surface area contributed by atoms with Gasteiger partial charge in [-0.2, -0.15) is 5.10 Å². The Hall–Kier alpha value is -2.17. The number of aromatic nitrogens is 3. The van der Waals surface area contributed by atoms with Crippen LogP contribution in [0.25, 0.3) is 0 Å². The molecule has 2 aromatic heterocycles. The first-order chi connectivity index (χ1) is 11.6. The van der Waals surface area contributed by atoms with Crippen molar-refractivity contribution < 1.29 is 4.79 Å². The normalized spacial score (nSPS) is 18.5. The number of hydrogen-bond donors (Lipinski definition) is 0. The fraction of sp³-hybridized carbons (Fsp3) is 0.526. The van der Waals surface area contributed by atoms with Crippen molar-refractivity contribution in [3.8, 4) is 0 Å². The van der Waals surface area contributed by atoms with Crippen molar-refractivity contribution in [1.29, 1.82) is 0 Å². The molecule has 0 aromatic carbocycles. The number of pyridine rings is 1. The van der Waals surface area contributed by atoms with Gasteiger partial charge < -0.3 is 4.90 Å². The van der Waals surface area contributed by atoms with Gasteiger partial charge in [0.2, 0.25) is 5.91 Å².